The van der Waals surface area contributed by atoms with Crippen molar-refractivity contribution in [3.05, 3.63) is 35.9 Å². The molecule has 0 aliphatic heterocycles. The fourth-order valence-corrected chi connectivity index (χ4v) is 2.27. The Bertz CT molecular complexity index is 511. The molecule has 110 valence electrons. The summed E-state index contributed by atoms with van der Waals surface area (Å²) < 4.78 is 31.9. The lowest BCUT2D eigenvalue weighted by Crippen LogP contribution is -2.44. The molecule has 2 N–H and O–H groups in total. The standard InChI is InChI=1S/C12H18N2O4S.2H2/c1-3-10(2)13-19(16,17)14-12(15)18-9-11-7-5-4-6-8-11;;/h4-8,10,13H,3,9H2,1-2H3,(H,14,15);2*1H. The largest absolute Gasteiger partial charge is 0.444 e. The van der Waals surface area contributed by atoms with Gasteiger partial charge in [-0.1, -0.05) is 37.3 Å². The molecule has 1 amide bonds. The number of nitrogens with one attached hydrogen (secondary N) is 2. The highest BCUT2D eigenvalue weighted by Gasteiger charge is 2.17. The molecule has 19 heavy (non-hydrogen) atoms. The molecule has 1 atom stereocenters. The van der Waals surface area contributed by atoms with Crippen LogP contribution in [-0.4, -0.2) is 20.6 Å². The first-order valence-corrected chi connectivity index (χ1v) is 7.42. The number of amides is 1. The molecule has 1 unspecified atom stereocenters. The molecular formula is C12H22N2O4S. The Morgan fingerprint density at radius 2 is 2.00 bits per heavy atom. The van der Waals surface area contributed by atoms with Gasteiger partial charge in [0.15, 0.2) is 0 Å². The first-order chi connectivity index (χ1) is 8.93. The minimum atomic E-state index is -3.87. The molecule has 7 heteroatoms. The summed E-state index contributed by atoms with van der Waals surface area (Å²) in [6.45, 7) is 3.56. The molecule has 0 bridgehead atoms. The number of hydrogen-bond donors (Lipinski definition) is 2. The van der Waals surface area contributed by atoms with Crippen LogP contribution in [-0.2, 0) is 21.6 Å². The van der Waals surface area contributed by atoms with Crippen LogP contribution < -0.4 is 9.44 Å². The van der Waals surface area contributed by atoms with Crippen LogP contribution in [0.3, 0.4) is 0 Å². The quantitative estimate of drug-likeness (QED) is 0.839. The third-order valence-corrected chi connectivity index (χ3v) is 3.55. The molecule has 1 aromatic carbocycles. The summed E-state index contributed by atoms with van der Waals surface area (Å²) in [6, 6.07) is 8.75. The second-order valence-corrected chi connectivity index (χ2v) is 5.54. The maximum atomic E-state index is 11.5. The number of carbonyl (C=O) groups excluding carboxylic acids is 1. The van der Waals surface area contributed by atoms with Crippen LogP contribution in [0.5, 0.6) is 0 Å². The molecule has 0 saturated carbocycles. The lowest BCUT2D eigenvalue weighted by Gasteiger charge is -2.12. The van der Waals surface area contributed by atoms with Crippen molar-refractivity contribution in [2.45, 2.75) is 32.9 Å². The van der Waals surface area contributed by atoms with E-state index in [1.165, 1.54) is 0 Å². The summed E-state index contributed by atoms with van der Waals surface area (Å²) in [5.41, 5.74) is 0.782. The van der Waals surface area contributed by atoms with Gasteiger partial charge >= 0.3 is 16.3 Å². The van der Waals surface area contributed by atoms with Gasteiger partial charge in [0.25, 0.3) is 0 Å². The van der Waals surface area contributed by atoms with Crippen LogP contribution in [0.25, 0.3) is 0 Å². The lowest BCUT2D eigenvalue weighted by atomic mass is 10.2. The van der Waals surface area contributed by atoms with Crippen LogP contribution in [0.1, 0.15) is 28.7 Å². The van der Waals surface area contributed by atoms with Crippen LogP contribution in [0, 0.1) is 0 Å². The lowest BCUT2D eigenvalue weighted by molar-refractivity contribution is 0.146. The van der Waals surface area contributed by atoms with Gasteiger partial charge in [0.2, 0.25) is 0 Å². The number of carbonyl (C=O) groups is 1. The van der Waals surface area contributed by atoms with E-state index in [-0.39, 0.29) is 15.5 Å². The molecule has 0 heterocycles. The Kier molecular flexibility index (Phi) is 5.78. The SMILES string of the molecule is CCC(C)NS(=O)(=O)NC(=O)OCc1ccccc1.[HH].[HH]. The van der Waals surface area contributed by atoms with Gasteiger partial charge in [-0.05, 0) is 18.9 Å². The van der Waals surface area contributed by atoms with Gasteiger partial charge in [-0.3, -0.25) is 0 Å². The monoisotopic (exact) mass is 290 g/mol. The van der Waals surface area contributed by atoms with Crippen molar-refractivity contribution in [1.82, 2.24) is 9.44 Å². The van der Waals surface area contributed by atoms with Crippen molar-refractivity contribution >= 4 is 16.3 Å². The van der Waals surface area contributed by atoms with Crippen LogP contribution >= 0.6 is 0 Å². The van der Waals surface area contributed by atoms with E-state index in [0.717, 1.165) is 5.56 Å². The van der Waals surface area contributed by atoms with Crippen LogP contribution in [0.4, 0.5) is 4.79 Å². The van der Waals surface area contributed by atoms with E-state index in [4.69, 9.17) is 4.74 Å². The molecule has 0 aliphatic carbocycles. The van der Waals surface area contributed by atoms with E-state index >= 15 is 0 Å². The molecule has 0 aliphatic rings. The second-order valence-electron chi connectivity index (χ2n) is 4.09. The van der Waals surface area contributed by atoms with Crippen molar-refractivity contribution < 1.29 is 20.8 Å². The Labute approximate surface area is 116 Å². The first kappa shape index (κ1) is 15.5. The van der Waals surface area contributed by atoms with E-state index in [2.05, 4.69) is 4.72 Å². The highest BCUT2D eigenvalue weighted by Crippen LogP contribution is 2.00. The van der Waals surface area contributed by atoms with Crippen molar-refractivity contribution in [2.24, 2.45) is 0 Å². The van der Waals surface area contributed by atoms with Crippen molar-refractivity contribution in [1.29, 1.82) is 0 Å². The Morgan fingerprint density at radius 1 is 1.37 bits per heavy atom. The fourth-order valence-electron chi connectivity index (χ4n) is 1.24. The first-order valence-electron chi connectivity index (χ1n) is 5.93. The molecular weight excluding hydrogens is 268 g/mol. The number of hydrogen-bond acceptors (Lipinski definition) is 4. The van der Waals surface area contributed by atoms with E-state index < -0.39 is 16.3 Å². The summed E-state index contributed by atoms with van der Waals surface area (Å²) >= 11 is 0. The number of rotatable bonds is 6. The normalized spacial score (nSPS) is 12.7. The Balaban J connectivity index is 0. The fraction of sp³-hybridized carbons (Fsp3) is 0.417. The zero-order chi connectivity index (χ0) is 14.3. The number of ether oxygens (including phenoxy) is 1. The Morgan fingerprint density at radius 3 is 2.58 bits per heavy atom. The smallest absolute Gasteiger partial charge is 0.422 e. The third-order valence-electron chi connectivity index (χ3n) is 2.40. The molecule has 0 saturated heterocycles. The molecule has 0 aromatic heterocycles. The van der Waals surface area contributed by atoms with Crippen LogP contribution in [0.15, 0.2) is 30.3 Å². The minimum absolute atomic E-state index is 0. The van der Waals surface area contributed by atoms with Gasteiger partial charge in [-0.2, -0.15) is 13.1 Å². The van der Waals surface area contributed by atoms with Crippen molar-refractivity contribution in [3.8, 4) is 0 Å². The minimum Gasteiger partial charge on any atom is -0.444 e. The predicted octanol–water partition coefficient (Wildman–Crippen LogP) is 2.04. The summed E-state index contributed by atoms with van der Waals surface area (Å²) in [5, 5.41) is 0. The molecule has 0 fully saturated rings. The molecule has 0 radical (unpaired) electrons. The van der Waals surface area contributed by atoms with E-state index in [1.54, 1.807) is 35.9 Å². The van der Waals surface area contributed by atoms with Gasteiger partial charge in [-0.25, -0.2) is 9.52 Å². The average Bonchev–Trinajstić information content (AvgIpc) is 2.36. The van der Waals surface area contributed by atoms with Gasteiger partial charge in [0, 0.05) is 8.90 Å². The maximum absolute atomic E-state index is 11.5. The highest BCUT2D eigenvalue weighted by atomic mass is 32.2. The van der Waals surface area contributed by atoms with Crippen molar-refractivity contribution in [2.75, 3.05) is 0 Å². The van der Waals surface area contributed by atoms with Gasteiger partial charge in [0.05, 0.1) is 0 Å². The molecule has 6 nitrogen and oxygen atoms in total. The molecule has 1 rings (SSSR count). The summed E-state index contributed by atoms with van der Waals surface area (Å²) in [7, 11) is -3.87. The number of benzene rings is 1. The van der Waals surface area contributed by atoms with Gasteiger partial charge in [0.1, 0.15) is 6.61 Å². The van der Waals surface area contributed by atoms with Crippen LogP contribution in [0.2, 0.25) is 0 Å². The van der Waals surface area contributed by atoms with Gasteiger partial charge in [-0.15, -0.1) is 0 Å². The topological polar surface area (TPSA) is 84.5 Å². The summed E-state index contributed by atoms with van der Waals surface area (Å²) in [4.78, 5) is 11.3. The van der Waals surface area contributed by atoms with Gasteiger partial charge < -0.3 is 4.74 Å². The van der Waals surface area contributed by atoms with E-state index in [9.17, 15) is 13.2 Å². The van der Waals surface area contributed by atoms with E-state index in [1.807, 2.05) is 13.0 Å². The summed E-state index contributed by atoms with van der Waals surface area (Å²) in [6.07, 6.45) is -0.375. The second kappa shape index (κ2) is 7.10. The van der Waals surface area contributed by atoms with Crippen molar-refractivity contribution in [3.63, 3.8) is 0 Å². The third kappa shape index (κ3) is 6.21. The average molecular weight is 290 g/mol. The Hall–Kier alpha value is -1.60. The summed E-state index contributed by atoms with van der Waals surface area (Å²) in [5.74, 6) is 0. The van der Waals surface area contributed by atoms with E-state index in [0.29, 0.717) is 6.42 Å². The predicted molar refractivity (Wildman–Crippen MR) is 75.8 cm³/mol. The molecule has 1 aromatic rings. The molecule has 0 spiro atoms. The zero-order valence-corrected chi connectivity index (χ0v) is 11.7. The zero-order valence-electron chi connectivity index (χ0n) is 10.9. The maximum Gasteiger partial charge on any atom is 0.422 e. The highest BCUT2D eigenvalue weighted by molar-refractivity contribution is 7.88.